The van der Waals surface area contributed by atoms with E-state index in [1.807, 2.05) is 20.8 Å². The zero-order chi connectivity index (χ0) is 15.9. The maximum Gasteiger partial charge on any atom is 0.305 e. The number of rotatable bonds is 13. The number of carbonyl (C=O) groups excluding carboxylic acids is 2. The van der Waals surface area contributed by atoms with Gasteiger partial charge in [0.15, 0.2) is 0 Å². The summed E-state index contributed by atoms with van der Waals surface area (Å²) in [5.74, 6) is 0.241. The van der Waals surface area contributed by atoms with Crippen LogP contribution in [0.2, 0.25) is 0 Å². The summed E-state index contributed by atoms with van der Waals surface area (Å²) in [6.45, 7) is 7.11. The number of hydrogen-bond acceptors (Lipinski definition) is 4. The van der Waals surface area contributed by atoms with Gasteiger partial charge in [0.05, 0.1) is 13.2 Å². The van der Waals surface area contributed by atoms with Gasteiger partial charge in [-0.15, -0.1) is 0 Å². The van der Waals surface area contributed by atoms with E-state index < -0.39 is 0 Å². The molecule has 124 valence electrons. The van der Waals surface area contributed by atoms with Crippen LogP contribution in [0.1, 0.15) is 78.6 Å². The Bertz CT molecular complexity index is 274. The molecule has 0 atom stereocenters. The summed E-state index contributed by atoms with van der Waals surface area (Å²) in [7, 11) is 0. The van der Waals surface area contributed by atoms with Crippen LogP contribution in [-0.4, -0.2) is 25.2 Å². The van der Waals surface area contributed by atoms with Gasteiger partial charge in [-0.1, -0.05) is 46.5 Å². The molecule has 0 aromatic rings. The first-order chi connectivity index (χ1) is 10.1. The molecule has 0 fully saturated rings. The van der Waals surface area contributed by atoms with Crippen LogP contribution >= 0.6 is 0 Å². The van der Waals surface area contributed by atoms with E-state index in [9.17, 15) is 9.59 Å². The van der Waals surface area contributed by atoms with Crippen molar-refractivity contribution in [3.8, 4) is 0 Å². The summed E-state index contributed by atoms with van der Waals surface area (Å²) in [6.07, 6.45) is 8.07. The quantitative estimate of drug-likeness (QED) is 0.377. The zero-order valence-electron chi connectivity index (χ0n) is 14.0. The molecule has 0 rings (SSSR count). The zero-order valence-corrected chi connectivity index (χ0v) is 14.0. The number of hydrogen-bond donors (Lipinski definition) is 0. The number of esters is 2. The van der Waals surface area contributed by atoms with Gasteiger partial charge < -0.3 is 9.47 Å². The molecule has 0 heterocycles. The smallest absolute Gasteiger partial charge is 0.305 e. The predicted molar refractivity (Wildman–Crippen MR) is 84.0 cm³/mol. The Kier molecular flexibility index (Phi) is 13.2. The average Bonchev–Trinajstić information content (AvgIpc) is 2.45. The van der Waals surface area contributed by atoms with Crippen molar-refractivity contribution in [1.82, 2.24) is 0 Å². The molecule has 0 aromatic carbocycles. The Morgan fingerprint density at radius 1 is 0.810 bits per heavy atom. The van der Waals surface area contributed by atoms with E-state index in [1.165, 1.54) is 0 Å². The molecular weight excluding hydrogens is 268 g/mol. The van der Waals surface area contributed by atoms with Gasteiger partial charge in [0, 0.05) is 12.8 Å². The van der Waals surface area contributed by atoms with Crippen LogP contribution in [0.3, 0.4) is 0 Å². The van der Waals surface area contributed by atoms with E-state index in [4.69, 9.17) is 9.47 Å². The molecule has 0 radical (unpaired) electrons. The van der Waals surface area contributed by atoms with Gasteiger partial charge in [-0.05, 0) is 25.2 Å². The van der Waals surface area contributed by atoms with E-state index in [0.717, 1.165) is 44.9 Å². The van der Waals surface area contributed by atoms with Gasteiger partial charge in [0.25, 0.3) is 0 Å². The highest BCUT2D eigenvalue weighted by Crippen LogP contribution is 2.10. The Labute approximate surface area is 129 Å². The fourth-order valence-electron chi connectivity index (χ4n) is 1.87. The van der Waals surface area contributed by atoms with Crippen LogP contribution in [0.15, 0.2) is 0 Å². The minimum atomic E-state index is -0.0811. The molecular formula is C17H32O4. The lowest BCUT2D eigenvalue weighted by molar-refractivity contribution is -0.145. The van der Waals surface area contributed by atoms with Crippen molar-refractivity contribution in [2.24, 2.45) is 5.92 Å². The average molecular weight is 300 g/mol. The summed E-state index contributed by atoms with van der Waals surface area (Å²) in [4.78, 5) is 22.6. The molecule has 0 aliphatic rings. The maximum absolute atomic E-state index is 11.4. The van der Waals surface area contributed by atoms with Gasteiger partial charge in [-0.25, -0.2) is 0 Å². The molecule has 0 bridgehead atoms. The van der Waals surface area contributed by atoms with E-state index >= 15 is 0 Å². The van der Waals surface area contributed by atoms with Gasteiger partial charge in [0.1, 0.15) is 0 Å². The molecule has 0 unspecified atom stereocenters. The third kappa shape index (κ3) is 15.2. The molecule has 0 amide bonds. The van der Waals surface area contributed by atoms with E-state index in [2.05, 4.69) is 0 Å². The van der Waals surface area contributed by atoms with Crippen molar-refractivity contribution in [3.63, 3.8) is 0 Å². The fraction of sp³-hybridized carbons (Fsp3) is 0.882. The van der Waals surface area contributed by atoms with Crippen LogP contribution in [0, 0.1) is 5.92 Å². The van der Waals surface area contributed by atoms with E-state index in [-0.39, 0.29) is 11.9 Å². The fourth-order valence-corrected chi connectivity index (χ4v) is 1.87. The van der Waals surface area contributed by atoms with Crippen molar-refractivity contribution in [2.75, 3.05) is 13.2 Å². The highest BCUT2D eigenvalue weighted by Gasteiger charge is 2.04. The molecule has 0 aliphatic heterocycles. The molecule has 0 N–H and O–H groups in total. The second kappa shape index (κ2) is 13.9. The van der Waals surface area contributed by atoms with Gasteiger partial charge in [-0.3, -0.25) is 9.59 Å². The topological polar surface area (TPSA) is 52.6 Å². The Hall–Kier alpha value is -1.06. The Morgan fingerprint density at radius 3 is 1.76 bits per heavy atom. The molecule has 0 saturated carbocycles. The van der Waals surface area contributed by atoms with Gasteiger partial charge in [0.2, 0.25) is 0 Å². The van der Waals surface area contributed by atoms with Crippen LogP contribution in [-0.2, 0) is 19.1 Å². The molecule has 21 heavy (non-hydrogen) atoms. The largest absolute Gasteiger partial charge is 0.466 e. The summed E-state index contributed by atoms with van der Waals surface area (Å²) in [5, 5.41) is 0. The van der Waals surface area contributed by atoms with Crippen molar-refractivity contribution in [3.05, 3.63) is 0 Å². The minimum absolute atomic E-state index is 0.0789. The predicted octanol–water partition coefficient (Wildman–Crippen LogP) is 4.26. The van der Waals surface area contributed by atoms with E-state index in [1.54, 1.807) is 0 Å². The van der Waals surface area contributed by atoms with Crippen molar-refractivity contribution >= 4 is 11.9 Å². The van der Waals surface area contributed by atoms with Crippen LogP contribution < -0.4 is 0 Å². The monoisotopic (exact) mass is 300 g/mol. The summed E-state index contributed by atoms with van der Waals surface area (Å²) < 4.78 is 10.1. The van der Waals surface area contributed by atoms with Crippen LogP contribution in [0.4, 0.5) is 0 Å². The lowest BCUT2D eigenvalue weighted by Crippen LogP contribution is -2.09. The van der Waals surface area contributed by atoms with E-state index in [0.29, 0.717) is 32.0 Å². The molecule has 4 heteroatoms. The normalized spacial score (nSPS) is 10.7. The maximum atomic E-state index is 11.4. The van der Waals surface area contributed by atoms with Crippen molar-refractivity contribution < 1.29 is 19.1 Å². The number of unbranched alkanes of at least 4 members (excludes halogenated alkanes) is 5. The first-order valence-electron chi connectivity index (χ1n) is 8.37. The molecule has 0 saturated heterocycles. The van der Waals surface area contributed by atoms with Gasteiger partial charge >= 0.3 is 11.9 Å². The Morgan fingerprint density at radius 2 is 1.29 bits per heavy atom. The second-order valence-corrected chi connectivity index (χ2v) is 5.92. The van der Waals surface area contributed by atoms with Crippen LogP contribution in [0.25, 0.3) is 0 Å². The van der Waals surface area contributed by atoms with Crippen molar-refractivity contribution in [2.45, 2.75) is 78.6 Å². The standard InChI is InChI=1S/C17H32O4/c1-4-13-20-16(18)11-9-7-5-6-8-10-12-17(19)21-14-15(2)3/h15H,4-14H2,1-3H3. The lowest BCUT2D eigenvalue weighted by atomic mass is 10.1. The first kappa shape index (κ1) is 19.9. The highest BCUT2D eigenvalue weighted by molar-refractivity contribution is 5.69. The third-order valence-corrected chi connectivity index (χ3v) is 3.06. The minimum Gasteiger partial charge on any atom is -0.466 e. The van der Waals surface area contributed by atoms with Crippen molar-refractivity contribution in [1.29, 1.82) is 0 Å². The third-order valence-electron chi connectivity index (χ3n) is 3.06. The molecule has 4 nitrogen and oxygen atoms in total. The summed E-state index contributed by atoms with van der Waals surface area (Å²) >= 11 is 0. The SMILES string of the molecule is CCCOC(=O)CCCCCCCCC(=O)OCC(C)C. The number of ether oxygens (including phenoxy) is 2. The Balaban J connectivity index is 3.25. The van der Waals surface area contributed by atoms with Crippen LogP contribution in [0.5, 0.6) is 0 Å². The molecule has 0 spiro atoms. The summed E-state index contributed by atoms with van der Waals surface area (Å²) in [6, 6.07) is 0. The second-order valence-electron chi connectivity index (χ2n) is 5.92. The first-order valence-corrected chi connectivity index (χ1v) is 8.37. The highest BCUT2D eigenvalue weighted by atomic mass is 16.5. The summed E-state index contributed by atoms with van der Waals surface area (Å²) in [5.41, 5.74) is 0. The van der Waals surface area contributed by atoms with Gasteiger partial charge in [-0.2, -0.15) is 0 Å². The lowest BCUT2D eigenvalue weighted by Gasteiger charge is -2.07. The molecule has 0 aliphatic carbocycles. The molecule has 0 aromatic heterocycles. The number of carbonyl (C=O) groups is 2.